The van der Waals surface area contributed by atoms with E-state index < -0.39 is 16.9 Å². The monoisotopic (exact) mass is 499 g/mol. The van der Waals surface area contributed by atoms with Crippen LogP contribution in [0.2, 0.25) is 10.0 Å². The number of hydrogen-bond donors (Lipinski definition) is 1. The van der Waals surface area contributed by atoms with Crippen molar-refractivity contribution in [2.45, 2.75) is 39.6 Å². The summed E-state index contributed by atoms with van der Waals surface area (Å²) in [7, 11) is 0. The molecule has 0 aliphatic heterocycles. The summed E-state index contributed by atoms with van der Waals surface area (Å²) in [6.07, 6.45) is -4.22. The molecule has 10 heteroatoms. The average Bonchev–Trinajstić information content (AvgIpc) is 3.05. The Kier molecular flexibility index (Phi) is 7.92. The van der Waals surface area contributed by atoms with E-state index in [1.807, 2.05) is 19.1 Å². The molecule has 33 heavy (non-hydrogen) atoms. The van der Waals surface area contributed by atoms with Crippen LogP contribution in [0.15, 0.2) is 42.5 Å². The van der Waals surface area contributed by atoms with Crippen LogP contribution in [0.25, 0.3) is 0 Å². The van der Waals surface area contributed by atoms with Gasteiger partial charge >= 0.3 is 6.18 Å². The molecule has 1 amide bonds. The van der Waals surface area contributed by atoms with Crippen molar-refractivity contribution in [3.63, 3.8) is 0 Å². The Hall–Kier alpha value is -2.71. The molecular formula is C23H22Cl2F3N3O2. The molecule has 0 saturated heterocycles. The van der Waals surface area contributed by atoms with Gasteiger partial charge in [-0.1, -0.05) is 35.3 Å². The number of ether oxygens (including phenoxy) is 1. The highest BCUT2D eigenvalue weighted by atomic mass is 35.5. The minimum atomic E-state index is -4.61. The smallest absolute Gasteiger partial charge is 0.436 e. The number of carbonyl (C=O) groups excluding carboxylic acids is 1. The lowest BCUT2D eigenvalue weighted by atomic mass is 10.1. The van der Waals surface area contributed by atoms with E-state index in [1.165, 1.54) is 11.6 Å². The number of amides is 1. The van der Waals surface area contributed by atoms with Gasteiger partial charge in [0, 0.05) is 23.7 Å². The molecule has 176 valence electrons. The molecule has 3 rings (SSSR count). The zero-order valence-corrected chi connectivity index (χ0v) is 19.5. The number of aromatic nitrogens is 2. The van der Waals surface area contributed by atoms with Gasteiger partial charge in [0.2, 0.25) is 0 Å². The lowest BCUT2D eigenvalue weighted by Gasteiger charge is -2.11. The molecule has 0 spiro atoms. The second kappa shape index (κ2) is 10.5. The van der Waals surface area contributed by atoms with E-state index in [0.717, 1.165) is 11.1 Å². The first-order valence-corrected chi connectivity index (χ1v) is 10.9. The maximum absolute atomic E-state index is 12.9. The van der Waals surface area contributed by atoms with Crippen LogP contribution in [0.5, 0.6) is 5.75 Å². The summed E-state index contributed by atoms with van der Waals surface area (Å²) in [5, 5.41) is 6.54. The first kappa shape index (κ1) is 24.9. The molecule has 0 aliphatic carbocycles. The fourth-order valence-corrected chi connectivity index (χ4v) is 3.66. The molecule has 0 bridgehead atoms. The molecule has 2 aromatic carbocycles. The van der Waals surface area contributed by atoms with Crippen molar-refractivity contribution >= 4 is 29.1 Å². The maximum atomic E-state index is 12.9. The molecule has 0 saturated carbocycles. The van der Waals surface area contributed by atoms with Crippen molar-refractivity contribution in [2.24, 2.45) is 0 Å². The fourth-order valence-electron chi connectivity index (χ4n) is 3.19. The predicted octanol–water partition coefficient (Wildman–Crippen LogP) is 6.22. The highest BCUT2D eigenvalue weighted by Crippen LogP contribution is 2.35. The zero-order valence-electron chi connectivity index (χ0n) is 18.0. The summed E-state index contributed by atoms with van der Waals surface area (Å²) in [4.78, 5) is 12.5. The number of alkyl halides is 3. The second-order valence-corrected chi connectivity index (χ2v) is 8.29. The van der Waals surface area contributed by atoms with E-state index >= 15 is 0 Å². The Bertz CT molecular complexity index is 1150. The summed E-state index contributed by atoms with van der Waals surface area (Å²) < 4.78 is 45.8. The van der Waals surface area contributed by atoms with E-state index in [4.69, 9.17) is 27.9 Å². The predicted molar refractivity (Wildman–Crippen MR) is 121 cm³/mol. The van der Waals surface area contributed by atoms with Crippen LogP contribution in [-0.2, 0) is 19.3 Å². The van der Waals surface area contributed by atoms with E-state index in [2.05, 4.69) is 10.4 Å². The number of benzene rings is 2. The van der Waals surface area contributed by atoms with Gasteiger partial charge in [-0.05, 0) is 61.7 Å². The van der Waals surface area contributed by atoms with Crippen molar-refractivity contribution < 1.29 is 22.7 Å². The number of nitrogens with one attached hydrogen (secondary N) is 1. The van der Waals surface area contributed by atoms with Gasteiger partial charge in [-0.25, -0.2) is 0 Å². The van der Waals surface area contributed by atoms with Crippen LogP contribution in [-0.4, -0.2) is 22.2 Å². The van der Waals surface area contributed by atoms with E-state index in [-0.39, 0.29) is 31.3 Å². The SMILES string of the molecule is Cc1cc(Cl)ccc1OCc1cccc(C(=O)NCCCn2nc(C(F)(F)F)c(Cl)c2C)c1. The third kappa shape index (κ3) is 6.42. The third-order valence-corrected chi connectivity index (χ3v) is 5.64. The maximum Gasteiger partial charge on any atom is 0.436 e. The van der Waals surface area contributed by atoms with Gasteiger partial charge in [0.1, 0.15) is 12.4 Å². The molecule has 0 radical (unpaired) electrons. The van der Waals surface area contributed by atoms with Crippen molar-refractivity contribution in [1.82, 2.24) is 15.1 Å². The minimum absolute atomic E-state index is 0.191. The highest BCUT2D eigenvalue weighted by molar-refractivity contribution is 6.32. The molecule has 5 nitrogen and oxygen atoms in total. The lowest BCUT2D eigenvalue weighted by molar-refractivity contribution is -0.141. The topological polar surface area (TPSA) is 56.1 Å². The van der Waals surface area contributed by atoms with E-state index in [1.54, 1.807) is 30.3 Å². The first-order chi connectivity index (χ1) is 15.6. The molecule has 1 heterocycles. The van der Waals surface area contributed by atoms with Gasteiger partial charge < -0.3 is 10.1 Å². The second-order valence-electron chi connectivity index (χ2n) is 7.48. The van der Waals surface area contributed by atoms with Gasteiger partial charge in [0.25, 0.3) is 5.91 Å². The number of nitrogens with zero attached hydrogens (tertiary/aromatic N) is 2. The van der Waals surface area contributed by atoms with Gasteiger partial charge in [-0.2, -0.15) is 18.3 Å². The lowest BCUT2D eigenvalue weighted by Crippen LogP contribution is -2.25. The van der Waals surface area contributed by atoms with Crippen molar-refractivity contribution in [3.05, 3.63) is 80.6 Å². The van der Waals surface area contributed by atoms with Crippen LogP contribution < -0.4 is 10.1 Å². The Labute approximate surface area is 199 Å². The molecule has 0 atom stereocenters. The Balaban J connectivity index is 1.52. The summed E-state index contributed by atoms with van der Waals surface area (Å²) >= 11 is 11.7. The molecule has 1 aromatic heterocycles. The van der Waals surface area contributed by atoms with Gasteiger partial charge in [-0.15, -0.1) is 0 Å². The first-order valence-electron chi connectivity index (χ1n) is 10.1. The number of halogens is 5. The van der Waals surface area contributed by atoms with Crippen molar-refractivity contribution in [1.29, 1.82) is 0 Å². The normalized spacial score (nSPS) is 11.5. The van der Waals surface area contributed by atoms with Gasteiger partial charge in [0.05, 0.1) is 10.7 Å². The summed E-state index contributed by atoms with van der Waals surface area (Å²) in [6, 6.07) is 12.4. The van der Waals surface area contributed by atoms with Crippen LogP contribution in [0, 0.1) is 13.8 Å². The van der Waals surface area contributed by atoms with E-state index in [9.17, 15) is 18.0 Å². The zero-order chi connectivity index (χ0) is 24.2. The Morgan fingerprint density at radius 1 is 1.15 bits per heavy atom. The standard InChI is InChI=1S/C23H22Cl2F3N3O2/c1-14-11-18(24)7-8-19(14)33-13-16-5-3-6-17(12-16)22(32)29-9-4-10-31-15(2)20(25)21(30-31)23(26,27)28/h3,5-8,11-12H,4,9-10,13H2,1-2H3,(H,29,32). The molecule has 0 unspecified atom stereocenters. The number of aryl methyl sites for hydroxylation is 2. The quantitative estimate of drug-likeness (QED) is 0.374. The van der Waals surface area contributed by atoms with Crippen LogP contribution in [0.4, 0.5) is 13.2 Å². The molecule has 3 aromatic rings. The third-order valence-electron chi connectivity index (χ3n) is 4.95. The molecule has 0 fully saturated rings. The van der Waals surface area contributed by atoms with Crippen LogP contribution in [0.3, 0.4) is 0 Å². The Morgan fingerprint density at radius 3 is 2.58 bits per heavy atom. The highest BCUT2D eigenvalue weighted by Gasteiger charge is 2.38. The van der Waals surface area contributed by atoms with Gasteiger partial charge in [-0.3, -0.25) is 9.48 Å². The summed E-state index contributed by atoms with van der Waals surface area (Å²) in [6.45, 7) is 4.11. The van der Waals surface area contributed by atoms with Gasteiger partial charge in [0.15, 0.2) is 5.69 Å². The largest absolute Gasteiger partial charge is 0.489 e. The van der Waals surface area contributed by atoms with Crippen LogP contribution in [0.1, 0.15) is 39.3 Å². The van der Waals surface area contributed by atoms with E-state index in [0.29, 0.717) is 22.8 Å². The summed E-state index contributed by atoms with van der Waals surface area (Å²) in [5.74, 6) is 0.419. The molecule has 0 aliphatic rings. The molecule has 1 N–H and O–H groups in total. The Morgan fingerprint density at radius 2 is 1.91 bits per heavy atom. The van der Waals surface area contributed by atoms with Crippen molar-refractivity contribution in [2.75, 3.05) is 6.54 Å². The van der Waals surface area contributed by atoms with Crippen LogP contribution >= 0.6 is 23.2 Å². The number of carbonyl (C=O) groups is 1. The molecular weight excluding hydrogens is 478 g/mol. The fraction of sp³-hybridized carbons (Fsp3) is 0.304. The number of rotatable bonds is 8. The average molecular weight is 500 g/mol. The summed E-state index contributed by atoms with van der Waals surface area (Å²) in [5.41, 5.74) is 1.32. The minimum Gasteiger partial charge on any atom is -0.489 e. The number of hydrogen-bond acceptors (Lipinski definition) is 3. The van der Waals surface area contributed by atoms with Crippen molar-refractivity contribution in [3.8, 4) is 5.75 Å².